The first-order valence-electron chi connectivity index (χ1n) is 6.97. The molecule has 0 saturated carbocycles. The third kappa shape index (κ3) is 8.88. The lowest BCUT2D eigenvalue weighted by atomic mass is 10.4. The summed E-state index contributed by atoms with van der Waals surface area (Å²) in [5.41, 5.74) is 0. The fraction of sp³-hybridized carbons (Fsp3) is 0.600. The van der Waals surface area contributed by atoms with Gasteiger partial charge in [-0.3, -0.25) is 0 Å². The second-order valence-electron chi connectivity index (χ2n) is 4.79. The summed E-state index contributed by atoms with van der Waals surface area (Å²) in [6.07, 6.45) is 1.23. The highest BCUT2D eigenvalue weighted by Gasteiger charge is 2.17. The van der Waals surface area contributed by atoms with Crippen molar-refractivity contribution in [1.82, 2.24) is 0 Å². The van der Waals surface area contributed by atoms with Crippen LogP contribution in [-0.2, 0) is 19.7 Å². The molecular weight excluding hydrogens is 308 g/mol. The highest BCUT2D eigenvalue weighted by atomic mass is 32.2. The van der Waals surface area contributed by atoms with Gasteiger partial charge in [0.05, 0.1) is 15.4 Å². The lowest BCUT2D eigenvalue weighted by Gasteiger charge is -2.06. The maximum absolute atomic E-state index is 11.5. The molecule has 6 heteroatoms. The molecule has 4 nitrogen and oxygen atoms in total. The molecule has 21 heavy (non-hydrogen) atoms. The molecule has 0 aliphatic rings. The van der Waals surface area contributed by atoms with Gasteiger partial charge in [0, 0.05) is 6.26 Å². The quantitative estimate of drug-likeness (QED) is 0.849. The zero-order valence-electron chi connectivity index (χ0n) is 14.0. The summed E-state index contributed by atoms with van der Waals surface area (Å²) in [6, 6.07) is 8.51. The maximum atomic E-state index is 11.5. The van der Waals surface area contributed by atoms with Crippen LogP contribution >= 0.6 is 0 Å². The van der Waals surface area contributed by atoms with Crippen molar-refractivity contribution in [1.29, 1.82) is 0 Å². The Kier molecular flexibility index (Phi) is 10.6. The van der Waals surface area contributed by atoms with Crippen molar-refractivity contribution in [2.45, 2.75) is 56.9 Å². The minimum Gasteiger partial charge on any atom is -0.229 e. The summed E-state index contributed by atoms with van der Waals surface area (Å²) in [6.45, 7) is 10.7. The average Bonchev–Trinajstić information content (AvgIpc) is 2.41. The fourth-order valence-electron chi connectivity index (χ4n) is 0.882. The Balaban J connectivity index is 0. The van der Waals surface area contributed by atoms with Gasteiger partial charge in [-0.2, -0.15) is 0 Å². The summed E-state index contributed by atoms with van der Waals surface area (Å²) in [4.78, 5) is 0.403. The molecule has 0 fully saturated rings. The summed E-state index contributed by atoms with van der Waals surface area (Å²) < 4.78 is 43.7. The van der Waals surface area contributed by atoms with Crippen LogP contribution in [0.3, 0.4) is 0 Å². The standard InChI is InChI=1S/C9H12O2S.C4H10O2S.C2H6/c1-8(2)12(10,11)9-6-4-3-5-7-9;1-4(2)7(3,5)6;1-2/h3-8H,1-2H3;4H,1-3H3;1-2H3. The fourth-order valence-corrected chi connectivity index (χ4v) is 1.96. The molecule has 0 aromatic heterocycles. The molecule has 1 aromatic rings. The Hall–Kier alpha value is -0.880. The van der Waals surface area contributed by atoms with Gasteiger partial charge < -0.3 is 0 Å². The van der Waals surface area contributed by atoms with E-state index in [9.17, 15) is 16.8 Å². The second-order valence-corrected chi connectivity index (χ2v) is 9.89. The van der Waals surface area contributed by atoms with Crippen molar-refractivity contribution >= 4 is 19.7 Å². The molecule has 0 bridgehead atoms. The molecule has 0 saturated heterocycles. The van der Waals surface area contributed by atoms with Gasteiger partial charge in [-0.25, -0.2) is 16.8 Å². The van der Waals surface area contributed by atoms with Crippen molar-refractivity contribution in [2.24, 2.45) is 0 Å². The van der Waals surface area contributed by atoms with Crippen molar-refractivity contribution in [3.05, 3.63) is 30.3 Å². The lowest BCUT2D eigenvalue weighted by Crippen LogP contribution is -2.13. The molecule has 0 aliphatic carbocycles. The van der Waals surface area contributed by atoms with Crippen LogP contribution < -0.4 is 0 Å². The normalized spacial score (nSPS) is 11.3. The van der Waals surface area contributed by atoms with Gasteiger partial charge >= 0.3 is 0 Å². The topological polar surface area (TPSA) is 68.3 Å². The maximum Gasteiger partial charge on any atom is 0.180 e. The van der Waals surface area contributed by atoms with Gasteiger partial charge in [-0.1, -0.05) is 32.0 Å². The van der Waals surface area contributed by atoms with Crippen LogP contribution in [-0.4, -0.2) is 33.6 Å². The first kappa shape index (κ1) is 22.4. The van der Waals surface area contributed by atoms with E-state index in [4.69, 9.17) is 0 Å². The average molecular weight is 337 g/mol. The number of sulfone groups is 2. The van der Waals surface area contributed by atoms with E-state index in [0.717, 1.165) is 0 Å². The van der Waals surface area contributed by atoms with Gasteiger partial charge in [0.2, 0.25) is 0 Å². The van der Waals surface area contributed by atoms with E-state index in [0.29, 0.717) is 4.90 Å². The number of hydrogen-bond donors (Lipinski definition) is 0. The number of hydrogen-bond acceptors (Lipinski definition) is 4. The Bertz CT molecular complexity index is 571. The molecule has 124 valence electrons. The Morgan fingerprint density at radius 2 is 1.10 bits per heavy atom. The molecule has 0 amide bonds. The van der Waals surface area contributed by atoms with Crippen LogP contribution in [0.1, 0.15) is 41.5 Å². The summed E-state index contributed by atoms with van der Waals surface area (Å²) >= 11 is 0. The third-order valence-corrected chi connectivity index (χ3v) is 6.43. The molecule has 0 unspecified atom stereocenters. The highest BCUT2D eigenvalue weighted by Crippen LogP contribution is 2.14. The van der Waals surface area contributed by atoms with E-state index in [2.05, 4.69) is 0 Å². The van der Waals surface area contributed by atoms with Crippen LogP contribution in [0.25, 0.3) is 0 Å². The highest BCUT2D eigenvalue weighted by molar-refractivity contribution is 7.92. The van der Waals surface area contributed by atoms with Crippen LogP contribution in [0.4, 0.5) is 0 Å². The molecule has 0 N–H and O–H groups in total. The Morgan fingerprint density at radius 1 is 0.762 bits per heavy atom. The molecule has 0 aliphatic heterocycles. The zero-order valence-corrected chi connectivity index (χ0v) is 15.6. The Morgan fingerprint density at radius 3 is 1.33 bits per heavy atom. The second kappa shape index (κ2) is 9.95. The third-order valence-electron chi connectivity index (χ3n) is 2.55. The van der Waals surface area contributed by atoms with Gasteiger partial charge in [0.1, 0.15) is 9.84 Å². The van der Waals surface area contributed by atoms with E-state index in [1.54, 1.807) is 58.0 Å². The molecule has 0 atom stereocenters. The molecule has 0 radical (unpaired) electrons. The van der Waals surface area contributed by atoms with E-state index in [1.807, 2.05) is 13.8 Å². The SMILES string of the molecule is CC.CC(C)S(=O)(=O)c1ccccc1.CC(C)S(C)(=O)=O. The number of rotatable bonds is 3. The van der Waals surface area contributed by atoms with Crippen LogP contribution in [0.2, 0.25) is 0 Å². The first-order chi connectivity index (χ1) is 9.49. The van der Waals surface area contributed by atoms with Crippen molar-refractivity contribution < 1.29 is 16.8 Å². The minimum absolute atomic E-state index is 0.229. The zero-order chi connectivity index (χ0) is 17.3. The first-order valence-corrected chi connectivity index (χ1v) is 10.5. The minimum atomic E-state index is -3.08. The Labute approximate surface area is 130 Å². The monoisotopic (exact) mass is 336 g/mol. The van der Waals surface area contributed by atoms with Gasteiger partial charge in [0.15, 0.2) is 9.84 Å². The smallest absolute Gasteiger partial charge is 0.180 e. The molecule has 0 spiro atoms. The molecular formula is C15H28O4S2. The van der Waals surface area contributed by atoms with E-state index in [-0.39, 0.29) is 10.5 Å². The molecule has 0 heterocycles. The number of benzene rings is 1. The molecule has 1 aromatic carbocycles. The van der Waals surface area contributed by atoms with Crippen LogP contribution in [0.5, 0.6) is 0 Å². The summed E-state index contributed by atoms with van der Waals surface area (Å²) in [5, 5.41) is -0.576. The summed E-state index contributed by atoms with van der Waals surface area (Å²) in [7, 11) is -5.82. The van der Waals surface area contributed by atoms with Gasteiger partial charge in [0.25, 0.3) is 0 Å². The largest absolute Gasteiger partial charge is 0.229 e. The van der Waals surface area contributed by atoms with Gasteiger partial charge in [-0.05, 0) is 39.8 Å². The van der Waals surface area contributed by atoms with E-state index < -0.39 is 19.7 Å². The van der Waals surface area contributed by atoms with E-state index >= 15 is 0 Å². The van der Waals surface area contributed by atoms with Gasteiger partial charge in [-0.15, -0.1) is 0 Å². The molecule has 1 rings (SSSR count). The lowest BCUT2D eigenvalue weighted by molar-refractivity contribution is 0.587. The van der Waals surface area contributed by atoms with Crippen LogP contribution in [0, 0.1) is 0 Å². The van der Waals surface area contributed by atoms with Crippen molar-refractivity contribution in [2.75, 3.05) is 6.26 Å². The van der Waals surface area contributed by atoms with E-state index in [1.165, 1.54) is 6.26 Å². The predicted octanol–water partition coefficient (Wildman–Crippen LogP) is 3.33. The van der Waals surface area contributed by atoms with Crippen molar-refractivity contribution in [3.8, 4) is 0 Å². The summed E-state index contributed by atoms with van der Waals surface area (Å²) in [5.74, 6) is 0. The predicted molar refractivity (Wildman–Crippen MR) is 90.1 cm³/mol. The van der Waals surface area contributed by atoms with Crippen molar-refractivity contribution in [3.63, 3.8) is 0 Å². The van der Waals surface area contributed by atoms with Crippen LogP contribution in [0.15, 0.2) is 35.2 Å².